The summed E-state index contributed by atoms with van der Waals surface area (Å²) in [4.78, 5) is 27.6. The van der Waals surface area contributed by atoms with Crippen molar-refractivity contribution in [2.45, 2.75) is 209 Å². The largest absolute Gasteiger partial charge is 0.394 e. The summed E-state index contributed by atoms with van der Waals surface area (Å²) in [6, 6.07) is 0. The lowest BCUT2D eigenvalue weighted by Gasteiger charge is -2.58. The number of ketones is 2. The second-order valence-electron chi connectivity index (χ2n) is 15.1. The van der Waals surface area contributed by atoms with E-state index in [1.54, 1.807) is 0 Å². The molecule has 1 heterocycles. The Labute approximate surface area is 325 Å². The first-order valence-electron chi connectivity index (χ1n) is 21.1. The summed E-state index contributed by atoms with van der Waals surface area (Å²) in [5.74, 6) is -5.94. The molecule has 8 N–H and O–H groups in total. The van der Waals surface area contributed by atoms with Crippen LogP contribution in [-0.4, -0.2) is 107 Å². The zero-order valence-corrected chi connectivity index (χ0v) is 33.5. The molecule has 0 aromatic rings. The van der Waals surface area contributed by atoms with Gasteiger partial charge in [-0.3, -0.25) is 9.59 Å². The first-order chi connectivity index (χ1) is 25.9. The molecule has 11 heteroatoms. The molecule has 11 nitrogen and oxygen atoms in total. The SMILES string of the molecule is CC/C=C/C/C=C/C/C=C/CCCCCCCC(=O)[C@@]1(O)O[C@H](CO)[C@H](O)[C@@](O)(C(O)C(O)CO)[C@@]1(O)C(=O)CCCCCCCCCCCCCCC. The molecule has 0 amide bonds. The summed E-state index contributed by atoms with van der Waals surface area (Å²) in [7, 11) is 0. The lowest BCUT2D eigenvalue weighted by Crippen LogP contribution is -2.87. The monoisotopic (exact) mass is 769 g/mol. The summed E-state index contributed by atoms with van der Waals surface area (Å²) in [6.07, 6.45) is 23.4. The van der Waals surface area contributed by atoms with Crippen molar-refractivity contribution in [3.05, 3.63) is 36.5 Å². The van der Waals surface area contributed by atoms with Crippen LogP contribution in [-0.2, 0) is 14.3 Å². The van der Waals surface area contributed by atoms with Crippen LogP contribution >= 0.6 is 0 Å². The highest BCUT2D eigenvalue weighted by molar-refractivity contribution is 5.99. The number of allylic oxidation sites excluding steroid dienone is 6. The average Bonchev–Trinajstić information content (AvgIpc) is 3.17. The molecule has 2 unspecified atom stereocenters. The van der Waals surface area contributed by atoms with E-state index in [1.807, 2.05) is 0 Å². The number of Topliss-reactive ketones (excluding diaryl/α,β-unsaturated/α-hetero) is 2. The van der Waals surface area contributed by atoms with Crippen LogP contribution in [0.25, 0.3) is 0 Å². The second kappa shape index (κ2) is 28.6. The first kappa shape index (κ1) is 50.2. The molecule has 7 atom stereocenters. The Kier molecular flexibility index (Phi) is 26.6. The van der Waals surface area contributed by atoms with Crippen LogP contribution in [0.2, 0.25) is 0 Å². The van der Waals surface area contributed by atoms with E-state index in [2.05, 4.69) is 50.3 Å². The van der Waals surface area contributed by atoms with Gasteiger partial charge in [0.15, 0.2) is 17.2 Å². The summed E-state index contributed by atoms with van der Waals surface area (Å²) >= 11 is 0. The average molecular weight is 769 g/mol. The van der Waals surface area contributed by atoms with E-state index in [1.165, 1.54) is 44.9 Å². The van der Waals surface area contributed by atoms with E-state index in [0.717, 1.165) is 70.6 Å². The molecule has 0 aliphatic carbocycles. The normalized spacial score (nSPS) is 26.0. The van der Waals surface area contributed by atoms with Crippen molar-refractivity contribution in [1.82, 2.24) is 0 Å². The highest BCUT2D eigenvalue weighted by atomic mass is 16.7. The Morgan fingerprint density at radius 2 is 1.07 bits per heavy atom. The highest BCUT2D eigenvalue weighted by Crippen LogP contribution is 2.48. The number of aliphatic hydroxyl groups excluding tert-OH is 5. The first-order valence-corrected chi connectivity index (χ1v) is 21.1. The summed E-state index contributed by atoms with van der Waals surface area (Å²) in [6.45, 7) is 2.08. The van der Waals surface area contributed by atoms with Gasteiger partial charge in [-0.1, -0.05) is 147 Å². The van der Waals surface area contributed by atoms with Gasteiger partial charge < -0.3 is 45.6 Å². The fourth-order valence-electron chi connectivity index (χ4n) is 7.29. The number of hydrogen-bond donors (Lipinski definition) is 8. The Bertz CT molecular complexity index is 1090. The van der Waals surface area contributed by atoms with Crippen molar-refractivity contribution >= 4 is 11.6 Å². The maximum Gasteiger partial charge on any atom is 0.267 e. The maximum atomic E-state index is 13.9. The van der Waals surface area contributed by atoms with Crippen molar-refractivity contribution in [1.29, 1.82) is 0 Å². The fraction of sp³-hybridized carbons (Fsp3) is 0.814. The van der Waals surface area contributed by atoms with Gasteiger partial charge in [0.25, 0.3) is 5.79 Å². The summed E-state index contributed by atoms with van der Waals surface area (Å²) in [5.41, 5.74) is -7.16. The molecule has 0 saturated carbocycles. The zero-order chi connectivity index (χ0) is 40.3. The van der Waals surface area contributed by atoms with Gasteiger partial charge in [-0.25, -0.2) is 0 Å². The molecule has 0 aromatic carbocycles. The van der Waals surface area contributed by atoms with Crippen molar-refractivity contribution in [2.75, 3.05) is 13.2 Å². The third-order valence-electron chi connectivity index (χ3n) is 10.7. The standard InChI is InChI=1S/C43H76O11/c1-3-5-7-9-11-13-15-17-18-20-22-24-26-28-30-32-38(48)43(53)42(52,41(51,39(49)35(46)33-44)40(50)36(34-45)54-43)37(47)31-29-27-25-23-21-19-16-14-12-10-8-6-4-2/h5,7,11,13,17-18,35-36,39-40,44-46,49-53H,3-4,6,8-10,12,14-16,19-34H2,1-2H3/b7-5+,13-11+,18-17+/t35?,36-,39?,40+,41+,42+,43-/m1/s1. The molecule has 0 aromatic heterocycles. The van der Waals surface area contributed by atoms with Crippen LogP contribution in [0.5, 0.6) is 0 Å². The minimum Gasteiger partial charge on any atom is -0.394 e. The molecular weight excluding hydrogens is 692 g/mol. The number of unbranched alkanes of at least 4 members (excludes halogenated alkanes) is 17. The minimum absolute atomic E-state index is 0.208. The molecule has 314 valence electrons. The molecule has 1 aliphatic rings. The van der Waals surface area contributed by atoms with E-state index < -0.39 is 72.6 Å². The summed E-state index contributed by atoms with van der Waals surface area (Å²) < 4.78 is 5.39. The van der Waals surface area contributed by atoms with Crippen molar-refractivity contribution in [3.8, 4) is 0 Å². The van der Waals surface area contributed by atoms with Gasteiger partial charge in [0, 0.05) is 12.8 Å². The lowest BCUT2D eigenvalue weighted by atomic mass is 9.61. The number of hydrogen-bond acceptors (Lipinski definition) is 11. The van der Waals surface area contributed by atoms with Crippen LogP contribution in [0.3, 0.4) is 0 Å². The highest BCUT2D eigenvalue weighted by Gasteiger charge is 2.79. The molecule has 1 saturated heterocycles. The molecule has 54 heavy (non-hydrogen) atoms. The van der Waals surface area contributed by atoms with E-state index in [9.17, 15) is 50.4 Å². The van der Waals surface area contributed by atoms with Gasteiger partial charge >= 0.3 is 0 Å². The molecule has 1 rings (SSSR count). The number of ether oxygens (including phenoxy) is 1. The molecule has 1 aliphatic heterocycles. The van der Waals surface area contributed by atoms with Gasteiger partial charge in [-0.2, -0.15) is 0 Å². The minimum atomic E-state index is -3.65. The van der Waals surface area contributed by atoms with Crippen LogP contribution in [0.15, 0.2) is 36.5 Å². The molecular formula is C43H76O11. The predicted octanol–water partition coefficient (Wildman–Crippen LogP) is 5.81. The van der Waals surface area contributed by atoms with E-state index in [-0.39, 0.29) is 19.3 Å². The molecule has 0 bridgehead atoms. The molecule has 0 spiro atoms. The van der Waals surface area contributed by atoms with Gasteiger partial charge in [0.2, 0.25) is 5.60 Å². The number of carbonyl (C=O) groups is 2. The quantitative estimate of drug-likeness (QED) is 0.0295. The van der Waals surface area contributed by atoms with Crippen LogP contribution in [0.4, 0.5) is 0 Å². The Morgan fingerprint density at radius 1 is 0.630 bits per heavy atom. The van der Waals surface area contributed by atoms with Gasteiger partial charge in [-0.05, 0) is 44.9 Å². The Balaban J connectivity index is 2.85. The smallest absolute Gasteiger partial charge is 0.267 e. The maximum absolute atomic E-state index is 13.9. The fourth-order valence-corrected chi connectivity index (χ4v) is 7.29. The van der Waals surface area contributed by atoms with Gasteiger partial charge in [-0.15, -0.1) is 0 Å². The Morgan fingerprint density at radius 3 is 1.56 bits per heavy atom. The summed E-state index contributed by atoms with van der Waals surface area (Å²) in [5, 5.41) is 87.6. The van der Waals surface area contributed by atoms with E-state index in [0.29, 0.717) is 12.8 Å². The van der Waals surface area contributed by atoms with Crippen molar-refractivity contribution < 1.29 is 55.2 Å². The van der Waals surface area contributed by atoms with E-state index >= 15 is 0 Å². The number of rotatable bonds is 33. The number of carbonyl (C=O) groups excluding carboxylic acids is 2. The van der Waals surface area contributed by atoms with Gasteiger partial charge in [0.05, 0.1) is 13.2 Å². The third kappa shape index (κ3) is 15.3. The lowest BCUT2D eigenvalue weighted by molar-refractivity contribution is -0.402. The van der Waals surface area contributed by atoms with Crippen molar-refractivity contribution in [3.63, 3.8) is 0 Å². The molecule has 1 fully saturated rings. The van der Waals surface area contributed by atoms with Gasteiger partial charge in [0.1, 0.15) is 24.4 Å². The topological polar surface area (TPSA) is 205 Å². The van der Waals surface area contributed by atoms with Crippen LogP contribution in [0.1, 0.15) is 168 Å². The molecule has 0 radical (unpaired) electrons. The zero-order valence-electron chi connectivity index (χ0n) is 33.5. The number of aliphatic hydroxyl groups is 8. The van der Waals surface area contributed by atoms with Crippen LogP contribution < -0.4 is 0 Å². The van der Waals surface area contributed by atoms with Crippen LogP contribution in [0, 0.1) is 0 Å². The third-order valence-corrected chi connectivity index (χ3v) is 10.7. The Hall–Kier alpha value is -1.80. The van der Waals surface area contributed by atoms with E-state index in [4.69, 9.17) is 4.74 Å². The second-order valence-corrected chi connectivity index (χ2v) is 15.1. The van der Waals surface area contributed by atoms with Crippen molar-refractivity contribution in [2.24, 2.45) is 0 Å². The predicted molar refractivity (Wildman–Crippen MR) is 212 cm³/mol.